The van der Waals surface area contributed by atoms with Gasteiger partial charge in [0.2, 0.25) is 0 Å². The summed E-state index contributed by atoms with van der Waals surface area (Å²) in [6.45, 7) is 1.73. The Morgan fingerprint density at radius 2 is 1.54 bits per heavy atom. The molecule has 146 valence electrons. The number of methoxy groups -OCH3 is 1. The van der Waals surface area contributed by atoms with Crippen molar-refractivity contribution in [1.29, 1.82) is 0 Å². The van der Waals surface area contributed by atoms with Crippen molar-refractivity contribution in [2.75, 3.05) is 26.9 Å². The van der Waals surface area contributed by atoms with E-state index in [1.807, 2.05) is 6.92 Å². The van der Waals surface area contributed by atoms with Crippen LogP contribution in [0.15, 0.2) is 24.3 Å². The quantitative estimate of drug-likeness (QED) is 0.526. The van der Waals surface area contributed by atoms with Crippen LogP contribution in [0.3, 0.4) is 0 Å². The molecule has 8 heteroatoms. The molecule has 0 aliphatic carbocycles. The van der Waals surface area contributed by atoms with Gasteiger partial charge in [0, 0.05) is 6.07 Å². The minimum atomic E-state index is -1.01. The van der Waals surface area contributed by atoms with Gasteiger partial charge in [-0.05, 0) is 18.6 Å². The number of aliphatic hydroxyl groups is 2. The van der Waals surface area contributed by atoms with Crippen molar-refractivity contribution in [3.05, 3.63) is 24.3 Å². The smallest absolute Gasteiger partial charge is 0.306 e. The lowest BCUT2D eigenvalue weighted by Gasteiger charge is -2.14. The first-order valence-electron chi connectivity index (χ1n) is 8.38. The van der Waals surface area contributed by atoms with Crippen molar-refractivity contribution in [3.63, 3.8) is 0 Å². The number of carbonyl (C=O) groups is 2. The molecule has 2 atom stereocenters. The first-order chi connectivity index (χ1) is 12.4. The number of hydrogen-bond donors (Lipinski definition) is 2. The van der Waals surface area contributed by atoms with Crippen molar-refractivity contribution in [2.45, 2.75) is 38.4 Å². The van der Waals surface area contributed by atoms with Crippen LogP contribution in [0.2, 0.25) is 0 Å². The summed E-state index contributed by atoms with van der Waals surface area (Å²) in [6.07, 6.45) is -1.12. The molecule has 2 unspecified atom stereocenters. The van der Waals surface area contributed by atoms with Crippen molar-refractivity contribution in [3.8, 4) is 11.5 Å². The highest BCUT2D eigenvalue weighted by Gasteiger charge is 2.12. The molecule has 0 saturated heterocycles. The van der Waals surface area contributed by atoms with Crippen molar-refractivity contribution in [2.24, 2.45) is 0 Å². The molecule has 0 fully saturated rings. The Hall–Kier alpha value is -2.32. The summed E-state index contributed by atoms with van der Waals surface area (Å²) in [5.41, 5.74) is 0. The van der Waals surface area contributed by atoms with Gasteiger partial charge in [-0.25, -0.2) is 0 Å². The molecule has 8 nitrogen and oxygen atoms in total. The Morgan fingerprint density at radius 3 is 2.12 bits per heavy atom. The van der Waals surface area contributed by atoms with Crippen LogP contribution in [-0.4, -0.2) is 61.3 Å². The average Bonchev–Trinajstić information content (AvgIpc) is 2.67. The number of esters is 2. The van der Waals surface area contributed by atoms with E-state index in [2.05, 4.69) is 4.74 Å². The molecule has 1 rings (SSSR count). The van der Waals surface area contributed by atoms with Gasteiger partial charge in [-0.1, -0.05) is 13.0 Å². The minimum absolute atomic E-state index is 0.0680. The van der Waals surface area contributed by atoms with E-state index in [-0.39, 0.29) is 32.7 Å². The number of carbonyl (C=O) groups excluding carboxylic acids is 2. The molecule has 0 heterocycles. The predicted molar refractivity (Wildman–Crippen MR) is 91.9 cm³/mol. The van der Waals surface area contributed by atoms with Crippen LogP contribution < -0.4 is 9.47 Å². The predicted octanol–water partition coefficient (Wildman–Crippen LogP) is 1.07. The molecule has 0 spiro atoms. The normalized spacial score (nSPS) is 12.8. The Balaban J connectivity index is 2.30. The third kappa shape index (κ3) is 9.24. The molecule has 0 aliphatic heterocycles. The first-order valence-corrected chi connectivity index (χ1v) is 8.38. The fraction of sp³-hybridized carbons (Fsp3) is 0.556. The Labute approximate surface area is 152 Å². The van der Waals surface area contributed by atoms with Gasteiger partial charge in [-0.15, -0.1) is 0 Å². The molecular weight excluding hydrogens is 344 g/mol. The van der Waals surface area contributed by atoms with E-state index in [9.17, 15) is 19.8 Å². The van der Waals surface area contributed by atoms with E-state index in [1.54, 1.807) is 24.3 Å². The van der Waals surface area contributed by atoms with Crippen LogP contribution >= 0.6 is 0 Å². The molecule has 0 saturated carbocycles. The Morgan fingerprint density at radius 1 is 0.962 bits per heavy atom. The number of hydrogen-bond acceptors (Lipinski definition) is 8. The average molecular weight is 370 g/mol. The van der Waals surface area contributed by atoms with Crippen molar-refractivity contribution in [1.82, 2.24) is 0 Å². The molecule has 26 heavy (non-hydrogen) atoms. The van der Waals surface area contributed by atoms with Crippen LogP contribution in [0.4, 0.5) is 0 Å². The van der Waals surface area contributed by atoms with Gasteiger partial charge in [-0.2, -0.15) is 0 Å². The lowest BCUT2D eigenvalue weighted by Crippen LogP contribution is -2.25. The second kappa shape index (κ2) is 12.1. The second-order valence-electron chi connectivity index (χ2n) is 5.57. The van der Waals surface area contributed by atoms with Crippen LogP contribution in [0.1, 0.15) is 26.2 Å². The highest BCUT2D eigenvalue weighted by Crippen LogP contribution is 2.20. The van der Waals surface area contributed by atoms with Crippen LogP contribution in [-0.2, 0) is 19.1 Å². The highest BCUT2D eigenvalue weighted by molar-refractivity contribution is 5.77. The van der Waals surface area contributed by atoms with Crippen molar-refractivity contribution >= 4 is 11.9 Å². The molecule has 1 aromatic carbocycles. The van der Waals surface area contributed by atoms with Gasteiger partial charge >= 0.3 is 11.9 Å². The largest absolute Gasteiger partial charge is 0.491 e. The third-order valence-electron chi connectivity index (χ3n) is 3.36. The fourth-order valence-corrected chi connectivity index (χ4v) is 1.77. The molecule has 2 N–H and O–H groups in total. The zero-order chi connectivity index (χ0) is 19.4. The van der Waals surface area contributed by atoms with E-state index in [4.69, 9.17) is 14.2 Å². The van der Waals surface area contributed by atoms with Crippen LogP contribution in [0.25, 0.3) is 0 Å². The van der Waals surface area contributed by atoms with E-state index < -0.39 is 24.1 Å². The van der Waals surface area contributed by atoms with Crippen LogP contribution in [0.5, 0.6) is 11.5 Å². The molecule has 0 aliphatic rings. The number of aliphatic hydroxyl groups excluding tert-OH is 2. The summed E-state index contributed by atoms with van der Waals surface area (Å²) in [6, 6.07) is 6.78. The van der Waals surface area contributed by atoms with Gasteiger partial charge in [-0.3, -0.25) is 9.59 Å². The van der Waals surface area contributed by atoms with E-state index in [0.29, 0.717) is 17.9 Å². The van der Waals surface area contributed by atoms with E-state index in [1.165, 1.54) is 7.11 Å². The number of benzene rings is 1. The second-order valence-corrected chi connectivity index (χ2v) is 5.57. The lowest BCUT2D eigenvalue weighted by atomic mass is 10.3. The Kier molecular flexibility index (Phi) is 10.1. The highest BCUT2D eigenvalue weighted by atomic mass is 16.6. The standard InChI is InChI=1S/C18H26O8/c1-3-13(19)10-24-15-5-4-6-16(9-15)25-11-14(20)12-26-18(22)8-7-17(21)23-2/h4-6,9,13-14,19-20H,3,7-8,10-12H2,1-2H3. The van der Waals surface area contributed by atoms with Crippen molar-refractivity contribution < 1.29 is 38.7 Å². The Bertz CT molecular complexity index is 560. The maximum absolute atomic E-state index is 11.4. The summed E-state index contributed by atoms with van der Waals surface area (Å²) in [4.78, 5) is 22.3. The van der Waals surface area contributed by atoms with Gasteiger partial charge in [0.25, 0.3) is 0 Å². The minimum Gasteiger partial charge on any atom is -0.491 e. The maximum atomic E-state index is 11.4. The zero-order valence-corrected chi connectivity index (χ0v) is 15.1. The number of rotatable bonds is 12. The summed E-state index contributed by atoms with van der Waals surface area (Å²) < 4.78 is 20.2. The van der Waals surface area contributed by atoms with Crippen LogP contribution in [0, 0.1) is 0 Å². The third-order valence-corrected chi connectivity index (χ3v) is 3.36. The van der Waals surface area contributed by atoms with Gasteiger partial charge in [0.15, 0.2) is 0 Å². The summed E-state index contributed by atoms with van der Waals surface area (Å²) in [5, 5.41) is 19.3. The molecule has 0 amide bonds. The lowest BCUT2D eigenvalue weighted by molar-refractivity contribution is -0.151. The maximum Gasteiger partial charge on any atom is 0.306 e. The van der Waals surface area contributed by atoms with Gasteiger partial charge in [0.05, 0.1) is 26.1 Å². The van der Waals surface area contributed by atoms with Gasteiger partial charge in [0.1, 0.15) is 37.4 Å². The molecule has 0 aromatic heterocycles. The SMILES string of the molecule is CCC(O)COc1cccc(OCC(O)COC(=O)CCC(=O)OC)c1. The molecular formula is C18H26O8. The molecule has 0 radical (unpaired) electrons. The van der Waals surface area contributed by atoms with E-state index in [0.717, 1.165) is 0 Å². The molecule has 1 aromatic rings. The first kappa shape index (κ1) is 21.7. The monoisotopic (exact) mass is 370 g/mol. The number of ether oxygens (including phenoxy) is 4. The summed E-state index contributed by atoms with van der Waals surface area (Å²) in [7, 11) is 1.24. The fourth-order valence-electron chi connectivity index (χ4n) is 1.77. The van der Waals surface area contributed by atoms with E-state index >= 15 is 0 Å². The van der Waals surface area contributed by atoms with Gasteiger partial charge < -0.3 is 29.2 Å². The zero-order valence-electron chi connectivity index (χ0n) is 15.1. The summed E-state index contributed by atoms with van der Waals surface area (Å²) >= 11 is 0. The molecule has 0 bridgehead atoms. The summed E-state index contributed by atoms with van der Waals surface area (Å²) in [5.74, 6) is -0.0815. The topological polar surface area (TPSA) is 112 Å².